The molecule has 0 aromatic heterocycles. The molecule has 0 aliphatic carbocycles. The van der Waals surface area contributed by atoms with Crippen molar-refractivity contribution < 1.29 is 9.53 Å². The van der Waals surface area contributed by atoms with Gasteiger partial charge in [0.25, 0.3) is 0 Å². The average Bonchev–Trinajstić information content (AvgIpc) is 2.55. The number of carbonyl (C=O) groups is 1. The lowest BCUT2D eigenvalue weighted by molar-refractivity contribution is 0.0734. The molecule has 2 rings (SSSR count). The van der Waals surface area contributed by atoms with E-state index in [0.29, 0.717) is 16.9 Å². The van der Waals surface area contributed by atoms with Gasteiger partial charge >= 0.3 is 5.97 Å². The zero-order valence-electron chi connectivity index (χ0n) is 13.1. The van der Waals surface area contributed by atoms with Crippen molar-refractivity contribution in [3.63, 3.8) is 0 Å². The molecule has 0 N–H and O–H groups in total. The number of benzene rings is 2. The molecule has 0 saturated carbocycles. The summed E-state index contributed by atoms with van der Waals surface area (Å²) in [5, 5.41) is 8.75. The number of nitriles is 1. The van der Waals surface area contributed by atoms with E-state index in [4.69, 9.17) is 10.00 Å². The van der Waals surface area contributed by atoms with E-state index in [1.54, 1.807) is 24.3 Å². The first-order valence-electron chi connectivity index (χ1n) is 7.29. The maximum Gasteiger partial charge on any atom is 0.343 e. The van der Waals surface area contributed by atoms with Crippen molar-refractivity contribution in [3.05, 3.63) is 65.2 Å². The molecule has 0 radical (unpaired) electrons. The highest BCUT2D eigenvalue weighted by atomic mass is 16.5. The van der Waals surface area contributed by atoms with Gasteiger partial charge < -0.3 is 4.74 Å². The minimum absolute atomic E-state index is 0.107. The van der Waals surface area contributed by atoms with E-state index >= 15 is 0 Å². The predicted octanol–water partition coefficient (Wildman–Crippen LogP) is 4.47. The second-order valence-electron chi connectivity index (χ2n) is 5.84. The number of carbonyl (C=O) groups excluding carboxylic acids is 1. The number of rotatable bonds is 4. The van der Waals surface area contributed by atoms with E-state index in [-0.39, 0.29) is 5.41 Å². The van der Waals surface area contributed by atoms with E-state index in [1.807, 2.05) is 30.3 Å². The van der Waals surface area contributed by atoms with Crippen LogP contribution < -0.4 is 4.74 Å². The summed E-state index contributed by atoms with van der Waals surface area (Å²) in [5.41, 5.74) is 2.27. The molecular formula is C19H19NO2. The number of ether oxygens (including phenoxy) is 1. The molecule has 22 heavy (non-hydrogen) atoms. The maximum atomic E-state index is 12.0. The molecule has 0 heterocycles. The fourth-order valence-electron chi connectivity index (χ4n) is 2.03. The van der Waals surface area contributed by atoms with Crippen molar-refractivity contribution in [2.45, 2.75) is 32.6 Å². The van der Waals surface area contributed by atoms with Crippen LogP contribution in [0, 0.1) is 11.3 Å². The normalized spacial score (nSPS) is 10.8. The van der Waals surface area contributed by atoms with Crippen molar-refractivity contribution in [2.24, 2.45) is 0 Å². The van der Waals surface area contributed by atoms with Gasteiger partial charge in [0, 0.05) is 0 Å². The van der Waals surface area contributed by atoms with Gasteiger partial charge in [-0.1, -0.05) is 32.9 Å². The molecule has 2 aromatic rings. The fraction of sp³-hybridized carbons (Fsp3) is 0.263. The number of hydrogen-bond donors (Lipinski definition) is 0. The highest BCUT2D eigenvalue weighted by Gasteiger charge is 2.18. The van der Waals surface area contributed by atoms with Gasteiger partial charge in [-0.3, -0.25) is 0 Å². The summed E-state index contributed by atoms with van der Waals surface area (Å²) in [4.78, 5) is 12.0. The molecule has 3 heteroatoms. The van der Waals surface area contributed by atoms with Crippen molar-refractivity contribution in [1.82, 2.24) is 0 Å². The smallest absolute Gasteiger partial charge is 0.343 e. The Morgan fingerprint density at radius 1 is 1.09 bits per heavy atom. The van der Waals surface area contributed by atoms with Crippen LogP contribution in [0.3, 0.4) is 0 Å². The Bertz CT molecular complexity index is 692. The van der Waals surface area contributed by atoms with Crippen LogP contribution in [0.5, 0.6) is 5.75 Å². The Morgan fingerprint density at radius 3 is 2.18 bits per heavy atom. The molecule has 0 spiro atoms. The average molecular weight is 293 g/mol. The van der Waals surface area contributed by atoms with E-state index in [2.05, 4.69) is 20.8 Å². The van der Waals surface area contributed by atoms with Gasteiger partial charge in [0.1, 0.15) is 5.75 Å². The molecule has 3 nitrogen and oxygen atoms in total. The second kappa shape index (κ2) is 6.44. The topological polar surface area (TPSA) is 50.1 Å². The molecule has 0 unspecified atom stereocenters. The van der Waals surface area contributed by atoms with E-state index in [1.165, 1.54) is 5.56 Å². The molecule has 0 saturated heterocycles. The lowest BCUT2D eigenvalue weighted by Crippen LogP contribution is -2.15. The third-order valence-corrected chi connectivity index (χ3v) is 3.98. The Hall–Kier alpha value is -2.60. The van der Waals surface area contributed by atoms with Crippen LogP contribution in [0.25, 0.3) is 0 Å². The summed E-state index contributed by atoms with van der Waals surface area (Å²) >= 11 is 0. The van der Waals surface area contributed by atoms with Crippen LogP contribution in [-0.2, 0) is 5.41 Å². The van der Waals surface area contributed by atoms with Crippen molar-refractivity contribution >= 4 is 5.97 Å². The Balaban J connectivity index is 2.10. The maximum absolute atomic E-state index is 12.0. The molecule has 0 fully saturated rings. The van der Waals surface area contributed by atoms with Crippen LogP contribution in [0.4, 0.5) is 0 Å². The van der Waals surface area contributed by atoms with Gasteiger partial charge in [-0.15, -0.1) is 0 Å². The van der Waals surface area contributed by atoms with Crippen LogP contribution in [0.2, 0.25) is 0 Å². The van der Waals surface area contributed by atoms with E-state index in [9.17, 15) is 4.79 Å². The molecule has 0 aliphatic heterocycles. The highest BCUT2D eigenvalue weighted by Crippen LogP contribution is 2.28. The van der Waals surface area contributed by atoms with Gasteiger partial charge in [0.2, 0.25) is 0 Å². The SMILES string of the molecule is CCC(C)(C)c1ccc(OC(=O)c2ccc(C#N)cc2)cc1. The Morgan fingerprint density at radius 2 is 1.68 bits per heavy atom. The summed E-state index contributed by atoms with van der Waals surface area (Å²) in [6.07, 6.45) is 1.04. The minimum Gasteiger partial charge on any atom is -0.423 e. The summed E-state index contributed by atoms with van der Waals surface area (Å²) in [6.45, 7) is 6.52. The Labute approximate surface area is 131 Å². The van der Waals surface area contributed by atoms with Crippen LogP contribution in [-0.4, -0.2) is 5.97 Å². The zero-order chi connectivity index (χ0) is 16.2. The zero-order valence-corrected chi connectivity index (χ0v) is 13.1. The first-order valence-corrected chi connectivity index (χ1v) is 7.29. The largest absolute Gasteiger partial charge is 0.423 e. The number of nitrogens with zero attached hydrogens (tertiary/aromatic N) is 1. The summed E-state index contributed by atoms with van der Waals surface area (Å²) in [7, 11) is 0. The van der Waals surface area contributed by atoms with Gasteiger partial charge in [-0.25, -0.2) is 4.79 Å². The standard InChI is InChI=1S/C19H19NO2/c1-4-19(2,3)16-9-11-17(12-10-16)22-18(21)15-7-5-14(13-20)6-8-15/h5-12H,4H2,1-3H3. The van der Waals surface area contributed by atoms with Crippen LogP contribution in [0.1, 0.15) is 48.7 Å². The molecular weight excluding hydrogens is 274 g/mol. The van der Waals surface area contributed by atoms with Gasteiger partial charge in [-0.05, 0) is 53.8 Å². The van der Waals surface area contributed by atoms with Gasteiger partial charge in [0.05, 0.1) is 17.2 Å². The summed E-state index contributed by atoms with van der Waals surface area (Å²) in [5.74, 6) is 0.0944. The molecule has 0 bridgehead atoms. The molecule has 2 aromatic carbocycles. The monoisotopic (exact) mass is 293 g/mol. The number of esters is 1. The molecule has 0 atom stereocenters. The predicted molar refractivity (Wildman–Crippen MR) is 85.9 cm³/mol. The molecule has 112 valence electrons. The van der Waals surface area contributed by atoms with Crippen molar-refractivity contribution in [1.29, 1.82) is 5.26 Å². The second-order valence-corrected chi connectivity index (χ2v) is 5.84. The van der Waals surface area contributed by atoms with E-state index in [0.717, 1.165) is 6.42 Å². The molecule has 0 amide bonds. The number of hydrogen-bond acceptors (Lipinski definition) is 3. The third-order valence-electron chi connectivity index (χ3n) is 3.98. The van der Waals surface area contributed by atoms with Gasteiger partial charge in [0.15, 0.2) is 0 Å². The van der Waals surface area contributed by atoms with Gasteiger partial charge in [-0.2, -0.15) is 5.26 Å². The third kappa shape index (κ3) is 3.53. The fourth-order valence-corrected chi connectivity index (χ4v) is 2.03. The van der Waals surface area contributed by atoms with Crippen LogP contribution >= 0.6 is 0 Å². The first-order chi connectivity index (χ1) is 10.5. The lowest BCUT2D eigenvalue weighted by atomic mass is 9.82. The Kier molecular flexibility index (Phi) is 4.62. The quantitative estimate of drug-likeness (QED) is 0.617. The molecule has 0 aliphatic rings. The lowest BCUT2D eigenvalue weighted by Gasteiger charge is -2.23. The summed E-state index contributed by atoms with van der Waals surface area (Å²) in [6, 6.07) is 16.0. The van der Waals surface area contributed by atoms with Crippen molar-refractivity contribution in [3.8, 4) is 11.8 Å². The van der Waals surface area contributed by atoms with E-state index < -0.39 is 5.97 Å². The first kappa shape index (κ1) is 15.8. The van der Waals surface area contributed by atoms with Crippen molar-refractivity contribution in [2.75, 3.05) is 0 Å². The van der Waals surface area contributed by atoms with Crippen LogP contribution in [0.15, 0.2) is 48.5 Å². The highest BCUT2D eigenvalue weighted by molar-refractivity contribution is 5.91. The minimum atomic E-state index is -0.424. The summed E-state index contributed by atoms with van der Waals surface area (Å²) < 4.78 is 5.35.